The second-order valence-corrected chi connectivity index (χ2v) is 10.4. The summed E-state index contributed by atoms with van der Waals surface area (Å²) in [5, 5.41) is 14.8. The van der Waals surface area contributed by atoms with Crippen molar-refractivity contribution in [1.29, 1.82) is 0 Å². The average molecular weight is 584 g/mol. The van der Waals surface area contributed by atoms with Gasteiger partial charge in [-0.25, -0.2) is 18.4 Å². The highest BCUT2D eigenvalue weighted by Gasteiger charge is 2.43. The van der Waals surface area contributed by atoms with E-state index in [9.17, 15) is 8.78 Å². The van der Waals surface area contributed by atoms with Crippen molar-refractivity contribution in [1.82, 2.24) is 4.90 Å². The average Bonchev–Trinajstić information content (AvgIpc) is 3.11. The van der Waals surface area contributed by atoms with Gasteiger partial charge >= 0.3 is 11.9 Å². The Hall–Kier alpha value is -4.02. The summed E-state index contributed by atoms with van der Waals surface area (Å²) in [7, 11) is 0. The first kappa shape index (κ1) is 30.9. The number of benzene rings is 3. The number of nitrogens with zero attached hydrogens (tertiary/aromatic N) is 1. The number of aliphatic carboxylic acids is 2. The molecule has 2 N–H and O–H groups in total. The van der Waals surface area contributed by atoms with Crippen LogP contribution in [-0.2, 0) is 20.9 Å². The summed E-state index contributed by atoms with van der Waals surface area (Å²) < 4.78 is 45.8. The van der Waals surface area contributed by atoms with Gasteiger partial charge in [-0.15, -0.1) is 0 Å². The number of hydrogen-bond acceptors (Lipinski definition) is 6. The molecule has 10 heteroatoms. The molecule has 2 aliphatic heterocycles. The third-order valence-corrected chi connectivity index (χ3v) is 7.69. The number of hydrogen-bond donors (Lipinski definition) is 2. The lowest BCUT2D eigenvalue weighted by Crippen LogP contribution is -2.53. The number of carbonyl (C=O) groups is 2. The zero-order chi connectivity index (χ0) is 30.1. The van der Waals surface area contributed by atoms with Gasteiger partial charge in [-0.05, 0) is 87.2 Å². The number of carboxylic acid groups (broad SMARTS) is 2. The quantitative estimate of drug-likeness (QED) is 0.334. The molecule has 2 unspecified atom stereocenters. The van der Waals surface area contributed by atoms with E-state index in [0.29, 0.717) is 12.4 Å². The highest BCUT2D eigenvalue weighted by atomic mass is 19.1. The number of carboxylic acids is 2. The number of halogens is 2. The molecule has 0 aliphatic carbocycles. The van der Waals surface area contributed by atoms with Crippen LogP contribution in [0.2, 0.25) is 0 Å². The molecule has 0 amide bonds. The Balaban J connectivity index is 0.000000612. The minimum atomic E-state index is -1.82. The molecule has 224 valence electrons. The highest BCUT2D eigenvalue weighted by Crippen LogP contribution is 2.38. The zero-order valence-corrected chi connectivity index (χ0v) is 23.4. The van der Waals surface area contributed by atoms with Crippen LogP contribution in [0.25, 0.3) is 0 Å². The molecule has 2 aliphatic rings. The van der Waals surface area contributed by atoms with Gasteiger partial charge in [0.05, 0.1) is 6.61 Å². The fourth-order valence-corrected chi connectivity index (χ4v) is 5.23. The van der Waals surface area contributed by atoms with Crippen molar-refractivity contribution < 1.29 is 42.8 Å². The fourth-order valence-electron chi connectivity index (χ4n) is 5.23. The smallest absolute Gasteiger partial charge is 0.414 e. The van der Waals surface area contributed by atoms with E-state index >= 15 is 0 Å². The molecule has 42 heavy (non-hydrogen) atoms. The molecular weight excluding hydrogens is 548 g/mol. The summed E-state index contributed by atoms with van der Waals surface area (Å²) in [6, 6.07) is 20.6. The monoisotopic (exact) mass is 583 g/mol. The van der Waals surface area contributed by atoms with Crippen molar-refractivity contribution in [2.24, 2.45) is 0 Å². The van der Waals surface area contributed by atoms with Gasteiger partial charge in [0.2, 0.25) is 0 Å². The van der Waals surface area contributed by atoms with E-state index in [0.717, 1.165) is 62.2 Å². The number of para-hydroxylation sites is 1. The molecule has 3 aromatic carbocycles. The van der Waals surface area contributed by atoms with Crippen molar-refractivity contribution >= 4 is 11.9 Å². The maximum absolute atomic E-state index is 13.5. The van der Waals surface area contributed by atoms with Crippen molar-refractivity contribution in [3.63, 3.8) is 0 Å². The third-order valence-electron chi connectivity index (χ3n) is 7.69. The Bertz CT molecular complexity index is 1310. The summed E-state index contributed by atoms with van der Waals surface area (Å²) in [5.41, 5.74) is 1.75. The standard InChI is InChI=1S/C30H33F2NO3.C2H2O4/c1-22-30(34-21-24-5-2-3-6-29(24)35-22)16-19-33(20-17-30)18-4-7-28(23-8-10-25(31)11-9-23)36-27-14-12-26(32)13-15-27;3-1(4)2(5)6/h2-3,5-6,8-15,22,28H,4,7,16-21H2,1H3;(H,3,4)(H,5,6). The largest absolute Gasteiger partial charge is 0.487 e. The third kappa shape index (κ3) is 8.27. The van der Waals surface area contributed by atoms with E-state index in [1.165, 1.54) is 24.3 Å². The van der Waals surface area contributed by atoms with Crippen LogP contribution < -0.4 is 9.47 Å². The van der Waals surface area contributed by atoms with Crippen molar-refractivity contribution in [3.05, 3.63) is 95.6 Å². The first-order chi connectivity index (χ1) is 20.1. The number of likely N-dealkylation sites (tertiary alicyclic amines) is 1. The summed E-state index contributed by atoms with van der Waals surface area (Å²) in [4.78, 5) is 20.7. The summed E-state index contributed by atoms with van der Waals surface area (Å²) in [5.74, 6) is -2.69. The lowest BCUT2D eigenvalue weighted by atomic mass is 9.86. The Morgan fingerprint density at radius 3 is 2.17 bits per heavy atom. The molecular formula is C32H35F2NO7. The number of piperidine rings is 1. The Morgan fingerprint density at radius 1 is 0.952 bits per heavy atom. The molecule has 0 aromatic heterocycles. The lowest BCUT2D eigenvalue weighted by Gasteiger charge is -2.43. The Kier molecular flexibility index (Phi) is 10.5. The van der Waals surface area contributed by atoms with Crippen LogP contribution in [0.3, 0.4) is 0 Å². The summed E-state index contributed by atoms with van der Waals surface area (Å²) >= 11 is 0. The first-order valence-electron chi connectivity index (χ1n) is 13.9. The Labute approximate surface area is 243 Å². The molecule has 5 rings (SSSR count). The van der Waals surface area contributed by atoms with Crippen LogP contribution in [0.15, 0.2) is 72.8 Å². The molecule has 1 spiro atoms. The van der Waals surface area contributed by atoms with Gasteiger partial charge in [0, 0.05) is 18.7 Å². The minimum absolute atomic E-state index is 0.00438. The Morgan fingerprint density at radius 2 is 1.55 bits per heavy atom. The van der Waals surface area contributed by atoms with Crippen molar-refractivity contribution in [2.45, 2.75) is 57.0 Å². The second-order valence-electron chi connectivity index (χ2n) is 10.4. The zero-order valence-electron chi connectivity index (χ0n) is 23.4. The van der Waals surface area contributed by atoms with E-state index in [-0.39, 0.29) is 29.4 Å². The van der Waals surface area contributed by atoms with Gasteiger partial charge in [0.1, 0.15) is 40.9 Å². The van der Waals surface area contributed by atoms with E-state index in [1.807, 2.05) is 18.2 Å². The molecule has 2 heterocycles. The van der Waals surface area contributed by atoms with Gasteiger partial charge in [-0.1, -0.05) is 30.3 Å². The van der Waals surface area contributed by atoms with Crippen LogP contribution in [-0.4, -0.2) is 58.4 Å². The summed E-state index contributed by atoms with van der Waals surface area (Å²) in [6.07, 6.45) is 3.31. The highest BCUT2D eigenvalue weighted by molar-refractivity contribution is 6.27. The fraction of sp³-hybridized carbons (Fsp3) is 0.375. The van der Waals surface area contributed by atoms with Gasteiger partial charge in [-0.2, -0.15) is 0 Å². The molecule has 1 fully saturated rings. The molecule has 0 bridgehead atoms. The van der Waals surface area contributed by atoms with E-state index in [1.54, 1.807) is 24.3 Å². The van der Waals surface area contributed by atoms with E-state index in [2.05, 4.69) is 17.9 Å². The minimum Gasteiger partial charge on any atom is -0.487 e. The van der Waals surface area contributed by atoms with Crippen molar-refractivity contribution in [2.75, 3.05) is 19.6 Å². The van der Waals surface area contributed by atoms with Gasteiger partial charge in [0.25, 0.3) is 0 Å². The normalized spacial score (nSPS) is 18.4. The molecule has 3 aromatic rings. The van der Waals surface area contributed by atoms with Gasteiger partial charge < -0.3 is 29.3 Å². The molecule has 8 nitrogen and oxygen atoms in total. The van der Waals surface area contributed by atoms with E-state index < -0.39 is 11.9 Å². The molecule has 2 atom stereocenters. The van der Waals surface area contributed by atoms with Crippen LogP contribution in [0, 0.1) is 11.6 Å². The van der Waals surface area contributed by atoms with E-state index in [4.69, 9.17) is 34.0 Å². The lowest BCUT2D eigenvalue weighted by molar-refractivity contribution is -0.159. The number of rotatable bonds is 7. The van der Waals surface area contributed by atoms with Crippen molar-refractivity contribution in [3.8, 4) is 11.5 Å². The van der Waals surface area contributed by atoms with Crippen LogP contribution in [0.4, 0.5) is 8.78 Å². The molecule has 0 saturated carbocycles. The van der Waals surface area contributed by atoms with Crippen LogP contribution in [0.5, 0.6) is 11.5 Å². The molecule has 0 radical (unpaired) electrons. The van der Waals surface area contributed by atoms with Crippen LogP contribution >= 0.6 is 0 Å². The first-order valence-corrected chi connectivity index (χ1v) is 13.9. The SMILES string of the molecule is CC1Oc2ccccc2COC12CCN(CCCC(Oc1ccc(F)cc1)c1ccc(F)cc1)CC2.O=C(O)C(=O)O. The maximum atomic E-state index is 13.5. The topological polar surface area (TPSA) is 106 Å². The predicted octanol–water partition coefficient (Wildman–Crippen LogP) is 5.85. The van der Waals surface area contributed by atoms with Gasteiger partial charge in [-0.3, -0.25) is 0 Å². The number of fused-ring (bicyclic) bond motifs is 1. The number of ether oxygens (including phenoxy) is 3. The molecule has 1 saturated heterocycles. The maximum Gasteiger partial charge on any atom is 0.414 e. The predicted molar refractivity (Wildman–Crippen MR) is 150 cm³/mol. The van der Waals surface area contributed by atoms with Crippen LogP contribution in [0.1, 0.15) is 49.8 Å². The van der Waals surface area contributed by atoms with Gasteiger partial charge in [0.15, 0.2) is 0 Å². The second kappa shape index (κ2) is 14.2. The summed E-state index contributed by atoms with van der Waals surface area (Å²) in [6.45, 7) is 5.54.